The van der Waals surface area contributed by atoms with E-state index in [4.69, 9.17) is 23.2 Å². The van der Waals surface area contributed by atoms with E-state index in [0.717, 1.165) is 6.29 Å². The first-order valence-corrected chi connectivity index (χ1v) is 10.7. The predicted octanol–water partition coefficient (Wildman–Crippen LogP) is 2.66. The van der Waals surface area contributed by atoms with Gasteiger partial charge in [-0.3, -0.25) is 14.4 Å². The molecule has 0 bridgehead atoms. The molecule has 1 aliphatic rings. The van der Waals surface area contributed by atoms with E-state index in [0.29, 0.717) is 46.8 Å². The van der Waals surface area contributed by atoms with Crippen molar-refractivity contribution in [2.24, 2.45) is 5.92 Å². The number of amides is 2. The van der Waals surface area contributed by atoms with Crippen molar-refractivity contribution in [3.63, 3.8) is 0 Å². The summed E-state index contributed by atoms with van der Waals surface area (Å²) in [4.78, 5) is 46.0. The van der Waals surface area contributed by atoms with Crippen molar-refractivity contribution in [2.45, 2.75) is 26.3 Å². The van der Waals surface area contributed by atoms with Crippen LogP contribution in [0.3, 0.4) is 0 Å². The highest BCUT2D eigenvalue weighted by Crippen LogP contribution is 2.30. The topological polar surface area (TPSA) is 107 Å². The highest BCUT2D eigenvalue weighted by Gasteiger charge is 2.36. The second kappa shape index (κ2) is 9.15. The van der Waals surface area contributed by atoms with Crippen LogP contribution in [0.4, 0.5) is 5.13 Å². The third-order valence-electron chi connectivity index (χ3n) is 4.80. The molecular formula is C18H21Cl2N5O3S. The number of aryl methyl sites for hydroxylation is 1. The second-order valence-electron chi connectivity index (χ2n) is 6.73. The van der Waals surface area contributed by atoms with E-state index in [1.54, 1.807) is 6.92 Å². The number of aromatic amines is 1. The van der Waals surface area contributed by atoms with Crippen LogP contribution in [-0.2, 0) is 4.79 Å². The first kappa shape index (κ1) is 21.6. The minimum Gasteiger partial charge on any atom is -0.356 e. The van der Waals surface area contributed by atoms with Gasteiger partial charge in [0, 0.05) is 31.4 Å². The molecule has 2 unspecified atom stereocenters. The number of anilines is 1. The van der Waals surface area contributed by atoms with Crippen molar-refractivity contribution in [3.8, 4) is 0 Å². The molecule has 2 aromatic rings. The monoisotopic (exact) mass is 457 g/mol. The van der Waals surface area contributed by atoms with Crippen LogP contribution in [0.2, 0.25) is 10.0 Å². The molecule has 3 N–H and O–H groups in total. The predicted molar refractivity (Wildman–Crippen MR) is 113 cm³/mol. The quantitative estimate of drug-likeness (QED) is 0.577. The molecule has 1 aliphatic heterocycles. The van der Waals surface area contributed by atoms with Crippen molar-refractivity contribution in [1.82, 2.24) is 20.6 Å². The molecule has 0 saturated carbocycles. The maximum absolute atomic E-state index is 12.7. The minimum atomic E-state index is -0.485. The lowest BCUT2D eigenvalue weighted by molar-refractivity contribution is -0.125. The van der Waals surface area contributed by atoms with Gasteiger partial charge < -0.3 is 20.5 Å². The Morgan fingerprint density at radius 1 is 1.41 bits per heavy atom. The number of piperidine rings is 1. The van der Waals surface area contributed by atoms with Crippen molar-refractivity contribution in [1.29, 1.82) is 0 Å². The van der Waals surface area contributed by atoms with Gasteiger partial charge in [0.2, 0.25) is 5.91 Å². The lowest BCUT2D eigenvalue weighted by Gasteiger charge is -2.37. The fourth-order valence-corrected chi connectivity index (χ4v) is 4.50. The van der Waals surface area contributed by atoms with E-state index < -0.39 is 11.8 Å². The van der Waals surface area contributed by atoms with Crippen LogP contribution in [0.5, 0.6) is 0 Å². The molecule has 0 aliphatic carbocycles. The average molecular weight is 458 g/mol. The molecule has 3 rings (SSSR count). The summed E-state index contributed by atoms with van der Waals surface area (Å²) in [6.45, 7) is 5.01. The summed E-state index contributed by atoms with van der Waals surface area (Å²) in [5.41, 5.74) is 0.786. The molecule has 1 fully saturated rings. The molecular weight excluding hydrogens is 437 g/mol. The number of hydrogen-bond donors (Lipinski definition) is 3. The molecule has 2 atom stereocenters. The molecule has 2 aromatic heterocycles. The normalized spacial score (nSPS) is 19.1. The highest BCUT2D eigenvalue weighted by atomic mass is 35.5. The number of nitrogens with one attached hydrogen (secondary N) is 3. The number of aldehydes is 1. The number of aromatic nitrogens is 2. The first-order valence-electron chi connectivity index (χ1n) is 9.13. The fraction of sp³-hybridized carbons (Fsp3) is 0.444. The van der Waals surface area contributed by atoms with E-state index in [1.807, 2.05) is 11.8 Å². The van der Waals surface area contributed by atoms with Crippen molar-refractivity contribution >= 4 is 57.8 Å². The number of H-pyrrole nitrogens is 1. The summed E-state index contributed by atoms with van der Waals surface area (Å²) >= 11 is 13.5. The maximum atomic E-state index is 12.7. The summed E-state index contributed by atoms with van der Waals surface area (Å²) in [5, 5.41) is 6.90. The zero-order chi connectivity index (χ0) is 21.1. The van der Waals surface area contributed by atoms with Crippen LogP contribution in [-0.4, -0.2) is 53.7 Å². The van der Waals surface area contributed by atoms with Crippen LogP contribution in [0.15, 0.2) is 6.20 Å². The van der Waals surface area contributed by atoms with Crippen LogP contribution in [0.25, 0.3) is 0 Å². The van der Waals surface area contributed by atoms with Gasteiger partial charge in [0.15, 0.2) is 11.4 Å². The van der Waals surface area contributed by atoms with Gasteiger partial charge in [0.1, 0.15) is 5.69 Å². The van der Waals surface area contributed by atoms with Gasteiger partial charge >= 0.3 is 0 Å². The summed E-state index contributed by atoms with van der Waals surface area (Å²) in [7, 11) is 0. The lowest BCUT2D eigenvalue weighted by Crippen LogP contribution is -2.56. The van der Waals surface area contributed by atoms with E-state index in [9.17, 15) is 14.4 Å². The number of carbonyl (C=O) groups is 3. The summed E-state index contributed by atoms with van der Waals surface area (Å²) in [6.07, 6.45) is 2.80. The fourth-order valence-electron chi connectivity index (χ4n) is 3.32. The number of halogens is 2. The summed E-state index contributed by atoms with van der Waals surface area (Å²) < 4.78 is 0. The molecule has 8 nitrogen and oxygen atoms in total. The van der Waals surface area contributed by atoms with Crippen LogP contribution < -0.4 is 15.5 Å². The van der Waals surface area contributed by atoms with E-state index in [2.05, 4.69) is 20.6 Å². The highest BCUT2D eigenvalue weighted by molar-refractivity contribution is 7.17. The SMILES string of the molecule is CCNC(=O)C1CN(c2ncc(C=O)s2)CCC1NC(=O)c1[nH]c(C)c(Cl)c1Cl. The van der Waals surface area contributed by atoms with E-state index >= 15 is 0 Å². The smallest absolute Gasteiger partial charge is 0.269 e. The van der Waals surface area contributed by atoms with Gasteiger partial charge in [-0.2, -0.15) is 0 Å². The van der Waals surface area contributed by atoms with Gasteiger partial charge in [-0.1, -0.05) is 34.5 Å². The van der Waals surface area contributed by atoms with Gasteiger partial charge in [-0.25, -0.2) is 4.98 Å². The van der Waals surface area contributed by atoms with Gasteiger partial charge in [-0.15, -0.1) is 0 Å². The lowest BCUT2D eigenvalue weighted by atomic mass is 9.91. The molecule has 0 aromatic carbocycles. The summed E-state index contributed by atoms with van der Waals surface area (Å²) in [5.74, 6) is -1.04. The number of rotatable bonds is 6. The van der Waals surface area contributed by atoms with Gasteiger partial charge in [0.25, 0.3) is 5.91 Å². The Hall–Kier alpha value is -2.10. The molecule has 29 heavy (non-hydrogen) atoms. The first-order chi connectivity index (χ1) is 13.8. The molecule has 0 radical (unpaired) electrons. The van der Waals surface area contributed by atoms with Gasteiger partial charge in [0.05, 0.1) is 27.0 Å². The van der Waals surface area contributed by atoms with Crippen molar-refractivity contribution < 1.29 is 14.4 Å². The number of thiazole rings is 1. The Balaban J connectivity index is 1.78. The third-order valence-corrected chi connectivity index (χ3v) is 6.73. The third kappa shape index (κ3) is 4.57. The zero-order valence-electron chi connectivity index (χ0n) is 15.9. The Morgan fingerprint density at radius 2 is 2.17 bits per heavy atom. The van der Waals surface area contributed by atoms with E-state index in [-0.39, 0.29) is 22.7 Å². The Morgan fingerprint density at radius 3 is 2.76 bits per heavy atom. The van der Waals surface area contributed by atoms with E-state index in [1.165, 1.54) is 17.5 Å². The van der Waals surface area contributed by atoms with Gasteiger partial charge in [-0.05, 0) is 20.3 Å². The minimum absolute atomic E-state index is 0.151. The van der Waals surface area contributed by atoms with Crippen molar-refractivity contribution in [3.05, 3.63) is 32.5 Å². The Labute approximate surface area is 182 Å². The summed E-state index contributed by atoms with van der Waals surface area (Å²) in [6, 6.07) is -0.380. The molecule has 11 heteroatoms. The number of nitrogens with zero attached hydrogens (tertiary/aromatic N) is 2. The standard InChI is InChI=1S/C18H21Cl2N5O3S/c1-3-21-16(27)11-7-25(18-22-6-10(8-26)29-18)5-4-12(11)24-17(28)15-14(20)13(19)9(2)23-15/h6,8,11-12,23H,3-5,7H2,1-2H3,(H,21,27)(H,24,28). The zero-order valence-corrected chi connectivity index (χ0v) is 18.2. The Kier molecular flexibility index (Phi) is 6.81. The second-order valence-corrected chi connectivity index (χ2v) is 8.53. The molecule has 2 amide bonds. The van der Waals surface area contributed by atoms with Crippen LogP contribution in [0, 0.1) is 12.8 Å². The van der Waals surface area contributed by atoms with Crippen LogP contribution in [0.1, 0.15) is 39.2 Å². The van der Waals surface area contributed by atoms with Crippen LogP contribution >= 0.6 is 34.5 Å². The van der Waals surface area contributed by atoms with Crippen molar-refractivity contribution in [2.75, 3.05) is 24.5 Å². The molecule has 3 heterocycles. The number of hydrogen-bond acceptors (Lipinski definition) is 6. The molecule has 156 valence electrons. The average Bonchev–Trinajstić information content (AvgIpc) is 3.29. The maximum Gasteiger partial charge on any atom is 0.269 e. The number of carbonyl (C=O) groups excluding carboxylic acids is 3. The Bertz CT molecular complexity index is 929. The molecule has 0 spiro atoms. The largest absolute Gasteiger partial charge is 0.356 e. The molecule has 1 saturated heterocycles.